The minimum absolute atomic E-state index is 0.00574. The number of ether oxygens (including phenoxy) is 3. The molecule has 2 aromatic carbocycles. The summed E-state index contributed by atoms with van der Waals surface area (Å²) < 4.78 is 47.3. The number of hydrogen-bond donors (Lipinski definition) is 1. The van der Waals surface area contributed by atoms with Crippen LogP contribution >= 0.6 is 0 Å². The second-order valence-electron chi connectivity index (χ2n) is 8.14. The zero-order valence-corrected chi connectivity index (χ0v) is 22.2. The number of anilines is 1. The Kier molecular flexibility index (Phi) is 7.63. The fraction of sp³-hybridized carbons (Fsp3) is 0.269. The lowest BCUT2D eigenvalue weighted by Gasteiger charge is -2.14. The molecule has 0 bridgehead atoms. The molecule has 194 valence electrons. The predicted octanol–water partition coefficient (Wildman–Crippen LogP) is 4.98. The summed E-state index contributed by atoms with van der Waals surface area (Å²) in [6.45, 7) is 10.3. The lowest BCUT2D eigenvalue weighted by atomic mass is 10.2. The molecule has 0 saturated carbocycles. The fourth-order valence-corrected chi connectivity index (χ4v) is 4.80. The minimum atomic E-state index is -3.94. The van der Waals surface area contributed by atoms with Crippen molar-refractivity contribution in [2.75, 3.05) is 17.9 Å². The van der Waals surface area contributed by atoms with Crippen LogP contribution in [0.4, 0.5) is 5.69 Å². The number of sulfonamides is 1. The van der Waals surface area contributed by atoms with Gasteiger partial charge in [0, 0.05) is 23.5 Å². The van der Waals surface area contributed by atoms with E-state index < -0.39 is 10.0 Å². The summed E-state index contributed by atoms with van der Waals surface area (Å²) in [5, 5.41) is 12.8. The van der Waals surface area contributed by atoms with E-state index in [0.717, 1.165) is 17.0 Å². The van der Waals surface area contributed by atoms with Crippen LogP contribution in [0.5, 0.6) is 23.1 Å². The molecule has 0 aliphatic heterocycles. The third-order valence-electron chi connectivity index (χ3n) is 5.64. The lowest BCUT2D eigenvalue weighted by molar-refractivity contribution is 0.322. The zero-order chi connectivity index (χ0) is 26.6. The molecule has 11 heteroatoms. The highest BCUT2D eigenvalue weighted by atomic mass is 32.2. The first-order chi connectivity index (χ1) is 17.7. The fourth-order valence-electron chi connectivity index (χ4n) is 3.58. The van der Waals surface area contributed by atoms with E-state index in [9.17, 15) is 8.42 Å². The van der Waals surface area contributed by atoms with Gasteiger partial charge in [-0.1, -0.05) is 0 Å². The van der Waals surface area contributed by atoms with E-state index in [1.54, 1.807) is 60.1 Å². The molecular formula is C26H29N5O5S. The maximum absolute atomic E-state index is 13.1. The molecule has 0 radical (unpaired) electrons. The van der Waals surface area contributed by atoms with E-state index in [1.807, 2.05) is 27.7 Å². The Bertz CT molecular complexity index is 1480. The molecule has 0 fully saturated rings. The summed E-state index contributed by atoms with van der Waals surface area (Å²) in [6.07, 6.45) is 0. The van der Waals surface area contributed by atoms with Gasteiger partial charge in [-0.05, 0) is 82.6 Å². The number of nitrogens with one attached hydrogen (secondary N) is 1. The van der Waals surface area contributed by atoms with E-state index in [1.165, 1.54) is 6.07 Å². The second kappa shape index (κ2) is 10.9. The maximum atomic E-state index is 13.1. The third-order valence-corrected chi connectivity index (χ3v) is 7.04. The van der Waals surface area contributed by atoms with Gasteiger partial charge in [-0.2, -0.15) is 5.10 Å². The van der Waals surface area contributed by atoms with Crippen LogP contribution in [0.1, 0.15) is 30.8 Å². The van der Waals surface area contributed by atoms with Gasteiger partial charge in [0.15, 0.2) is 5.82 Å². The van der Waals surface area contributed by atoms with E-state index in [0.29, 0.717) is 42.1 Å². The Morgan fingerprint density at radius 3 is 2.16 bits per heavy atom. The molecule has 0 spiro atoms. The highest BCUT2D eigenvalue weighted by Gasteiger charge is 2.21. The topological polar surface area (TPSA) is 117 Å². The maximum Gasteiger partial charge on any atom is 0.265 e. The molecule has 4 aromatic rings. The molecule has 0 aliphatic rings. The van der Waals surface area contributed by atoms with Crippen molar-refractivity contribution in [1.82, 2.24) is 20.0 Å². The minimum Gasteiger partial charge on any atom is -0.494 e. The number of hydrogen-bond acceptors (Lipinski definition) is 8. The van der Waals surface area contributed by atoms with E-state index in [4.69, 9.17) is 14.2 Å². The van der Waals surface area contributed by atoms with Gasteiger partial charge < -0.3 is 14.2 Å². The summed E-state index contributed by atoms with van der Waals surface area (Å²) in [4.78, 5) is -0.00574. The highest BCUT2D eigenvalue weighted by Crippen LogP contribution is 2.31. The predicted molar refractivity (Wildman–Crippen MR) is 139 cm³/mol. The van der Waals surface area contributed by atoms with Crippen molar-refractivity contribution in [3.05, 3.63) is 71.5 Å². The van der Waals surface area contributed by atoms with Crippen molar-refractivity contribution in [2.24, 2.45) is 0 Å². The van der Waals surface area contributed by atoms with Crippen LogP contribution in [0.2, 0.25) is 0 Å². The van der Waals surface area contributed by atoms with E-state index in [2.05, 4.69) is 20.0 Å². The third kappa shape index (κ3) is 5.83. The first kappa shape index (κ1) is 26.0. The van der Waals surface area contributed by atoms with Crippen LogP contribution in [0.25, 0.3) is 5.82 Å². The van der Waals surface area contributed by atoms with Gasteiger partial charge in [-0.15, -0.1) is 10.2 Å². The quantitative estimate of drug-likeness (QED) is 0.309. The summed E-state index contributed by atoms with van der Waals surface area (Å²) in [6, 6.07) is 14.6. The number of rotatable bonds is 10. The van der Waals surface area contributed by atoms with Gasteiger partial charge >= 0.3 is 0 Å². The number of aryl methyl sites for hydroxylation is 1. The number of aromatic nitrogens is 4. The highest BCUT2D eigenvalue weighted by molar-refractivity contribution is 7.92. The van der Waals surface area contributed by atoms with Gasteiger partial charge in [0.2, 0.25) is 5.88 Å². The molecule has 4 rings (SSSR count). The Hall–Kier alpha value is -4.12. The second-order valence-corrected chi connectivity index (χ2v) is 9.79. The smallest absolute Gasteiger partial charge is 0.265 e. The average molecular weight is 524 g/mol. The molecule has 1 N–H and O–H groups in total. The molecule has 2 heterocycles. The van der Waals surface area contributed by atoms with Crippen molar-refractivity contribution >= 4 is 15.7 Å². The van der Waals surface area contributed by atoms with Crippen molar-refractivity contribution in [1.29, 1.82) is 0 Å². The Morgan fingerprint density at radius 2 is 1.57 bits per heavy atom. The molecule has 0 unspecified atom stereocenters. The van der Waals surface area contributed by atoms with Crippen LogP contribution in [0, 0.1) is 20.8 Å². The van der Waals surface area contributed by atoms with Crippen LogP contribution in [0.3, 0.4) is 0 Å². The first-order valence-electron chi connectivity index (χ1n) is 11.8. The van der Waals surface area contributed by atoms with Crippen LogP contribution in [0.15, 0.2) is 59.5 Å². The zero-order valence-electron chi connectivity index (χ0n) is 21.3. The van der Waals surface area contributed by atoms with Crippen molar-refractivity contribution in [2.45, 2.75) is 39.5 Å². The van der Waals surface area contributed by atoms with Crippen LogP contribution in [-0.2, 0) is 10.0 Å². The summed E-state index contributed by atoms with van der Waals surface area (Å²) >= 11 is 0. The largest absolute Gasteiger partial charge is 0.494 e. The van der Waals surface area contributed by atoms with Crippen molar-refractivity contribution in [3.63, 3.8) is 0 Å². The molecule has 0 saturated heterocycles. The van der Waals surface area contributed by atoms with Gasteiger partial charge in [0.1, 0.15) is 22.1 Å². The molecule has 2 aromatic heterocycles. The normalized spacial score (nSPS) is 11.3. The van der Waals surface area contributed by atoms with Gasteiger partial charge in [0.25, 0.3) is 10.0 Å². The van der Waals surface area contributed by atoms with E-state index >= 15 is 0 Å². The number of nitrogens with zero attached hydrogens (tertiary/aromatic N) is 4. The Morgan fingerprint density at radius 1 is 0.865 bits per heavy atom. The average Bonchev–Trinajstić information content (AvgIpc) is 3.14. The monoisotopic (exact) mass is 523 g/mol. The SMILES string of the molecule is CCOc1ccc(OCC)c(S(=O)(=O)Nc2ccc(Oc3ccc(-n4nc(C)c(C)c4C)nn3)cc2)c1. The molecule has 10 nitrogen and oxygen atoms in total. The molecule has 37 heavy (non-hydrogen) atoms. The van der Waals surface area contributed by atoms with Crippen molar-refractivity contribution in [3.8, 4) is 28.9 Å². The Labute approximate surface area is 216 Å². The van der Waals surface area contributed by atoms with Gasteiger partial charge in [-0.25, -0.2) is 13.1 Å². The first-order valence-corrected chi connectivity index (χ1v) is 13.3. The molecule has 0 amide bonds. The number of benzene rings is 2. The summed E-state index contributed by atoms with van der Waals surface area (Å²) in [7, 11) is -3.94. The summed E-state index contributed by atoms with van der Waals surface area (Å²) in [5.74, 6) is 2.04. The van der Waals surface area contributed by atoms with Crippen molar-refractivity contribution < 1.29 is 22.6 Å². The van der Waals surface area contributed by atoms with E-state index in [-0.39, 0.29) is 10.6 Å². The van der Waals surface area contributed by atoms with Gasteiger partial charge in [0.05, 0.1) is 18.9 Å². The molecule has 0 atom stereocenters. The van der Waals surface area contributed by atoms with Crippen LogP contribution in [-0.4, -0.2) is 41.6 Å². The molecular weight excluding hydrogens is 494 g/mol. The summed E-state index contributed by atoms with van der Waals surface area (Å²) in [5.41, 5.74) is 3.40. The van der Waals surface area contributed by atoms with Crippen LogP contribution < -0.4 is 18.9 Å². The Balaban J connectivity index is 1.47. The lowest BCUT2D eigenvalue weighted by Crippen LogP contribution is -2.14. The standard InChI is InChI=1S/C26H29N5O5S/c1-6-34-22-12-13-23(35-7-2)24(16-22)37(32,33)30-20-8-10-21(11-9-20)36-26-15-14-25(27-28-26)31-19(5)17(3)18(4)29-31/h8-16,30H,6-7H2,1-5H3. The van der Waals surface area contributed by atoms with Gasteiger partial charge in [-0.3, -0.25) is 4.72 Å². The molecule has 0 aliphatic carbocycles.